The van der Waals surface area contributed by atoms with Gasteiger partial charge in [-0.3, -0.25) is 14.8 Å². The van der Waals surface area contributed by atoms with E-state index in [0.717, 1.165) is 16.7 Å². The van der Waals surface area contributed by atoms with Gasteiger partial charge in [0.05, 0.1) is 30.6 Å². The van der Waals surface area contributed by atoms with Crippen molar-refractivity contribution in [3.05, 3.63) is 48.5 Å². The molecule has 1 amide bonds. The normalized spacial score (nSPS) is 18.0. The lowest BCUT2D eigenvalue weighted by molar-refractivity contribution is -0.140. The van der Waals surface area contributed by atoms with Crippen LogP contribution in [0, 0.1) is 0 Å². The monoisotopic (exact) mass is 324 g/mol. The van der Waals surface area contributed by atoms with Gasteiger partial charge in [0, 0.05) is 18.9 Å². The number of carbonyl (C=O) groups excluding carboxylic acids is 1. The minimum Gasteiger partial charge on any atom is -0.368 e. The molecule has 0 spiro atoms. The van der Waals surface area contributed by atoms with Gasteiger partial charge in [-0.1, -0.05) is 17.3 Å². The molecule has 1 unspecified atom stereocenters. The van der Waals surface area contributed by atoms with Crippen molar-refractivity contribution in [3.8, 4) is 0 Å². The Kier molecular flexibility index (Phi) is 3.87. The van der Waals surface area contributed by atoms with Crippen LogP contribution in [0.2, 0.25) is 0 Å². The van der Waals surface area contributed by atoms with Crippen molar-refractivity contribution >= 4 is 16.9 Å². The number of benzene rings is 1. The molecule has 0 saturated carbocycles. The summed E-state index contributed by atoms with van der Waals surface area (Å²) in [6.07, 6.45) is 4.67. The van der Waals surface area contributed by atoms with Crippen LogP contribution in [0.15, 0.2) is 42.9 Å². The summed E-state index contributed by atoms with van der Waals surface area (Å²) in [5.41, 5.74) is 2.37. The summed E-state index contributed by atoms with van der Waals surface area (Å²) in [5, 5.41) is 8.15. The molecule has 8 heteroatoms. The van der Waals surface area contributed by atoms with E-state index in [9.17, 15) is 4.79 Å². The van der Waals surface area contributed by atoms with Gasteiger partial charge in [0.1, 0.15) is 18.2 Å². The summed E-state index contributed by atoms with van der Waals surface area (Å²) in [4.78, 5) is 22.7. The van der Waals surface area contributed by atoms with Crippen molar-refractivity contribution in [3.63, 3.8) is 0 Å². The van der Waals surface area contributed by atoms with E-state index in [1.165, 1.54) is 0 Å². The molecule has 4 rings (SSSR count). The van der Waals surface area contributed by atoms with Crippen LogP contribution in [0.25, 0.3) is 11.0 Å². The second-order valence-electron chi connectivity index (χ2n) is 5.57. The van der Waals surface area contributed by atoms with Gasteiger partial charge in [0.25, 0.3) is 0 Å². The lowest BCUT2D eigenvalue weighted by atomic mass is 10.2. The molecule has 0 bridgehead atoms. The highest BCUT2D eigenvalue weighted by Crippen LogP contribution is 2.20. The van der Waals surface area contributed by atoms with Gasteiger partial charge < -0.3 is 9.64 Å². The number of aromatic nitrogens is 5. The number of rotatable bonds is 3. The van der Waals surface area contributed by atoms with Crippen molar-refractivity contribution in [2.75, 3.05) is 19.7 Å². The first-order chi connectivity index (χ1) is 11.8. The fourth-order valence-electron chi connectivity index (χ4n) is 2.79. The topological polar surface area (TPSA) is 86.0 Å². The Morgan fingerprint density at radius 1 is 1.29 bits per heavy atom. The van der Waals surface area contributed by atoms with Crippen molar-refractivity contribution in [1.29, 1.82) is 0 Å². The second-order valence-corrected chi connectivity index (χ2v) is 5.57. The quantitative estimate of drug-likeness (QED) is 0.709. The number of hydrogen-bond donors (Lipinski definition) is 0. The lowest BCUT2D eigenvalue weighted by Gasteiger charge is -2.32. The van der Waals surface area contributed by atoms with Gasteiger partial charge in [-0.05, 0) is 12.1 Å². The Bertz CT molecular complexity index is 850. The molecule has 1 aromatic carbocycles. The van der Waals surface area contributed by atoms with Gasteiger partial charge in [-0.2, -0.15) is 0 Å². The number of ether oxygens (including phenoxy) is 1. The average Bonchev–Trinajstić information content (AvgIpc) is 3.06. The fourth-order valence-corrected chi connectivity index (χ4v) is 2.79. The van der Waals surface area contributed by atoms with Crippen LogP contribution in [-0.2, 0) is 16.1 Å². The van der Waals surface area contributed by atoms with E-state index in [4.69, 9.17) is 4.74 Å². The van der Waals surface area contributed by atoms with Crippen LogP contribution < -0.4 is 0 Å². The largest absolute Gasteiger partial charge is 0.368 e. The third-order valence-electron chi connectivity index (χ3n) is 4.04. The standard InChI is InChI=1S/C16H16N6O2/c23-16(11-22-14-4-2-1-3-12(14)19-20-22)21-7-8-24-15(10-21)13-9-17-5-6-18-13/h1-6,9,15H,7-8,10-11H2. The van der Waals surface area contributed by atoms with E-state index in [1.54, 1.807) is 28.2 Å². The minimum absolute atomic E-state index is 0.0113. The molecule has 1 aliphatic heterocycles. The highest BCUT2D eigenvalue weighted by molar-refractivity contribution is 5.79. The first kappa shape index (κ1) is 14.7. The average molecular weight is 324 g/mol. The van der Waals surface area contributed by atoms with E-state index >= 15 is 0 Å². The Labute approximate surface area is 138 Å². The van der Waals surface area contributed by atoms with Crippen molar-refractivity contribution in [2.24, 2.45) is 0 Å². The molecule has 0 aliphatic carbocycles. The zero-order chi connectivity index (χ0) is 16.4. The maximum Gasteiger partial charge on any atom is 0.244 e. The van der Waals surface area contributed by atoms with Crippen LogP contribution >= 0.6 is 0 Å². The Morgan fingerprint density at radius 2 is 2.21 bits per heavy atom. The third-order valence-corrected chi connectivity index (χ3v) is 4.04. The Balaban J connectivity index is 1.48. The molecule has 122 valence electrons. The number of amides is 1. The predicted octanol–water partition coefficient (Wildman–Crippen LogP) is 0.821. The number of carbonyl (C=O) groups is 1. The molecule has 1 atom stereocenters. The minimum atomic E-state index is -0.246. The summed E-state index contributed by atoms with van der Waals surface area (Å²) in [5.74, 6) is -0.0113. The zero-order valence-corrected chi connectivity index (χ0v) is 12.9. The molecular formula is C16H16N6O2. The van der Waals surface area contributed by atoms with Crippen LogP contribution in [-0.4, -0.2) is 55.5 Å². The third kappa shape index (κ3) is 2.83. The fraction of sp³-hybridized carbons (Fsp3) is 0.312. The van der Waals surface area contributed by atoms with Crippen LogP contribution in [0.5, 0.6) is 0 Å². The molecule has 3 heterocycles. The van der Waals surface area contributed by atoms with Gasteiger partial charge in [-0.25, -0.2) is 4.68 Å². The van der Waals surface area contributed by atoms with Gasteiger partial charge >= 0.3 is 0 Å². The number of para-hydroxylation sites is 1. The molecule has 0 N–H and O–H groups in total. The smallest absolute Gasteiger partial charge is 0.244 e. The molecular weight excluding hydrogens is 308 g/mol. The van der Waals surface area contributed by atoms with E-state index in [-0.39, 0.29) is 18.6 Å². The number of hydrogen-bond acceptors (Lipinski definition) is 6. The maximum atomic E-state index is 12.6. The summed E-state index contributed by atoms with van der Waals surface area (Å²) in [6.45, 7) is 1.66. The summed E-state index contributed by atoms with van der Waals surface area (Å²) >= 11 is 0. The van der Waals surface area contributed by atoms with Gasteiger partial charge in [-0.15, -0.1) is 5.10 Å². The van der Waals surface area contributed by atoms with E-state index in [2.05, 4.69) is 20.3 Å². The molecule has 1 saturated heterocycles. The highest BCUT2D eigenvalue weighted by Gasteiger charge is 2.26. The van der Waals surface area contributed by atoms with Crippen molar-refractivity contribution < 1.29 is 9.53 Å². The van der Waals surface area contributed by atoms with E-state index in [0.29, 0.717) is 19.7 Å². The molecule has 0 radical (unpaired) electrons. The predicted molar refractivity (Wildman–Crippen MR) is 84.8 cm³/mol. The van der Waals surface area contributed by atoms with Crippen molar-refractivity contribution in [2.45, 2.75) is 12.6 Å². The van der Waals surface area contributed by atoms with E-state index in [1.807, 2.05) is 24.3 Å². The second kappa shape index (κ2) is 6.32. The molecule has 24 heavy (non-hydrogen) atoms. The van der Waals surface area contributed by atoms with Crippen LogP contribution in [0.3, 0.4) is 0 Å². The Hall–Kier alpha value is -2.87. The molecule has 3 aromatic rings. The lowest BCUT2D eigenvalue weighted by Crippen LogP contribution is -2.44. The SMILES string of the molecule is O=C(Cn1nnc2ccccc21)N1CCOC(c2cnccn2)C1. The van der Waals surface area contributed by atoms with E-state index < -0.39 is 0 Å². The zero-order valence-electron chi connectivity index (χ0n) is 12.9. The number of fused-ring (bicyclic) bond motifs is 1. The van der Waals surface area contributed by atoms with Gasteiger partial charge in [0.15, 0.2) is 0 Å². The molecule has 1 aliphatic rings. The number of morpholine rings is 1. The Morgan fingerprint density at radius 3 is 3.08 bits per heavy atom. The van der Waals surface area contributed by atoms with Gasteiger partial charge in [0.2, 0.25) is 5.91 Å². The summed E-state index contributed by atoms with van der Waals surface area (Å²) < 4.78 is 7.35. The van der Waals surface area contributed by atoms with Crippen LogP contribution in [0.4, 0.5) is 0 Å². The van der Waals surface area contributed by atoms with Crippen LogP contribution in [0.1, 0.15) is 11.8 Å². The summed E-state index contributed by atoms with van der Waals surface area (Å²) in [7, 11) is 0. The molecule has 8 nitrogen and oxygen atoms in total. The highest BCUT2D eigenvalue weighted by atomic mass is 16.5. The molecule has 2 aromatic heterocycles. The first-order valence-corrected chi connectivity index (χ1v) is 7.75. The maximum absolute atomic E-state index is 12.6. The first-order valence-electron chi connectivity index (χ1n) is 7.75. The molecule has 1 fully saturated rings. The van der Waals surface area contributed by atoms with Crippen molar-refractivity contribution in [1.82, 2.24) is 29.9 Å². The summed E-state index contributed by atoms with van der Waals surface area (Å²) in [6, 6.07) is 7.59. The number of nitrogens with zero attached hydrogens (tertiary/aromatic N) is 6.